The smallest absolute Gasteiger partial charge is 0.273 e. The molecule has 3 rings (SSSR count). The number of amides is 1. The predicted octanol–water partition coefficient (Wildman–Crippen LogP) is 3.09. The second-order valence-corrected chi connectivity index (χ2v) is 5.42. The van der Waals surface area contributed by atoms with Gasteiger partial charge >= 0.3 is 0 Å². The molecule has 1 amide bonds. The minimum atomic E-state index is -0.428. The van der Waals surface area contributed by atoms with Crippen molar-refractivity contribution in [2.24, 2.45) is 0 Å². The molecule has 1 heterocycles. The molecular weight excluding hydrogens is 312 g/mol. The zero-order valence-corrected chi connectivity index (χ0v) is 13.2. The molecule has 2 aromatic rings. The minimum Gasteiger partial charge on any atom is -0.493 e. The number of hydrogen-bond donors (Lipinski definition) is 1. The van der Waals surface area contributed by atoms with Crippen LogP contribution in [0.1, 0.15) is 23.5 Å². The molecule has 24 heavy (non-hydrogen) atoms. The van der Waals surface area contributed by atoms with Crippen molar-refractivity contribution >= 4 is 17.3 Å². The van der Waals surface area contributed by atoms with Crippen LogP contribution >= 0.6 is 0 Å². The third-order valence-electron chi connectivity index (χ3n) is 4.10. The first-order valence-corrected chi connectivity index (χ1v) is 7.34. The summed E-state index contributed by atoms with van der Waals surface area (Å²) in [6, 6.07) is 9.90. The van der Waals surface area contributed by atoms with Crippen molar-refractivity contribution in [1.29, 1.82) is 0 Å². The van der Waals surface area contributed by atoms with Gasteiger partial charge in [-0.15, -0.1) is 0 Å². The first-order chi connectivity index (χ1) is 11.5. The number of nitrogens with zero attached hydrogens (tertiary/aromatic N) is 1. The Hall–Kier alpha value is -3.09. The Bertz CT molecular complexity index is 819. The van der Waals surface area contributed by atoms with Crippen LogP contribution in [0.2, 0.25) is 0 Å². The molecule has 2 aromatic carbocycles. The number of methoxy groups -OCH3 is 2. The monoisotopic (exact) mass is 328 g/mol. The van der Waals surface area contributed by atoms with Gasteiger partial charge < -0.3 is 14.8 Å². The number of anilines is 1. The third-order valence-corrected chi connectivity index (χ3v) is 4.10. The summed E-state index contributed by atoms with van der Waals surface area (Å²) in [7, 11) is 3.03. The highest BCUT2D eigenvalue weighted by Crippen LogP contribution is 2.44. The topological polar surface area (TPSA) is 90.7 Å². The molecule has 0 bridgehead atoms. The highest BCUT2D eigenvalue weighted by molar-refractivity contribution is 5.96. The van der Waals surface area contributed by atoms with Gasteiger partial charge in [-0.1, -0.05) is 18.2 Å². The second kappa shape index (κ2) is 6.19. The fourth-order valence-corrected chi connectivity index (χ4v) is 3.01. The van der Waals surface area contributed by atoms with Crippen LogP contribution in [0.5, 0.6) is 11.5 Å². The zero-order chi connectivity index (χ0) is 17.3. The van der Waals surface area contributed by atoms with Gasteiger partial charge in [0.2, 0.25) is 5.91 Å². The molecule has 0 aliphatic carbocycles. The van der Waals surface area contributed by atoms with Gasteiger partial charge in [0.15, 0.2) is 11.5 Å². The van der Waals surface area contributed by atoms with E-state index in [2.05, 4.69) is 5.32 Å². The molecule has 1 aliphatic heterocycles. The zero-order valence-electron chi connectivity index (χ0n) is 13.2. The number of carbonyl (C=O) groups is 1. The third kappa shape index (κ3) is 2.64. The average Bonchev–Trinajstić information content (AvgIpc) is 2.59. The van der Waals surface area contributed by atoms with Gasteiger partial charge in [-0.2, -0.15) is 0 Å². The number of nitro benzene ring substituents is 1. The van der Waals surface area contributed by atoms with Crippen molar-refractivity contribution in [3.05, 3.63) is 57.6 Å². The number of hydrogen-bond acceptors (Lipinski definition) is 5. The van der Waals surface area contributed by atoms with Gasteiger partial charge in [-0.05, 0) is 11.6 Å². The fraction of sp³-hybridized carbons (Fsp3) is 0.235. The van der Waals surface area contributed by atoms with E-state index in [1.54, 1.807) is 30.3 Å². The lowest BCUT2D eigenvalue weighted by Crippen LogP contribution is -2.24. The van der Waals surface area contributed by atoms with Gasteiger partial charge in [0, 0.05) is 35.7 Å². The van der Waals surface area contributed by atoms with Gasteiger partial charge in [0.25, 0.3) is 5.69 Å². The van der Waals surface area contributed by atoms with E-state index < -0.39 is 10.8 Å². The maximum absolute atomic E-state index is 12.1. The van der Waals surface area contributed by atoms with Crippen LogP contribution in [0.4, 0.5) is 11.4 Å². The Morgan fingerprint density at radius 3 is 2.46 bits per heavy atom. The van der Waals surface area contributed by atoms with Crippen molar-refractivity contribution < 1.29 is 19.2 Å². The molecule has 1 atom stereocenters. The molecule has 124 valence electrons. The molecule has 7 nitrogen and oxygen atoms in total. The summed E-state index contributed by atoms with van der Waals surface area (Å²) in [5, 5.41) is 14.1. The molecule has 1 aliphatic rings. The summed E-state index contributed by atoms with van der Waals surface area (Å²) in [6.45, 7) is 0. The molecule has 0 saturated carbocycles. The van der Waals surface area contributed by atoms with E-state index in [1.165, 1.54) is 20.3 Å². The van der Waals surface area contributed by atoms with E-state index >= 15 is 0 Å². The number of nitrogens with one attached hydrogen (secondary N) is 1. The Balaban J connectivity index is 2.19. The summed E-state index contributed by atoms with van der Waals surface area (Å²) in [4.78, 5) is 23.0. The lowest BCUT2D eigenvalue weighted by atomic mass is 9.83. The van der Waals surface area contributed by atoms with Crippen molar-refractivity contribution in [2.45, 2.75) is 12.3 Å². The number of nitro groups is 1. The summed E-state index contributed by atoms with van der Waals surface area (Å²) in [6.07, 6.45) is 0.132. The van der Waals surface area contributed by atoms with Crippen LogP contribution in [0.3, 0.4) is 0 Å². The van der Waals surface area contributed by atoms with Crippen molar-refractivity contribution in [2.75, 3.05) is 19.5 Å². The van der Waals surface area contributed by atoms with E-state index in [0.29, 0.717) is 22.7 Å². The van der Waals surface area contributed by atoms with Crippen molar-refractivity contribution in [3.63, 3.8) is 0 Å². The number of para-hydroxylation sites is 1. The van der Waals surface area contributed by atoms with Crippen molar-refractivity contribution in [3.8, 4) is 11.5 Å². The van der Waals surface area contributed by atoms with Crippen LogP contribution in [0, 0.1) is 10.1 Å². The molecule has 0 unspecified atom stereocenters. The second-order valence-electron chi connectivity index (χ2n) is 5.42. The summed E-state index contributed by atoms with van der Waals surface area (Å²) < 4.78 is 10.6. The molecule has 7 heteroatoms. The van der Waals surface area contributed by atoms with Crippen LogP contribution in [-0.4, -0.2) is 25.1 Å². The van der Waals surface area contributed by atoms with Gasteiger partial charge in [0.05, 0.1) is 19.1 Å². The summed E-state index contributed by atoms with van der Waals surface area (Å²) in [5.74, 6) is 0.378. The molecule has 0 radical (unpaired) electrons. The molecule has 0 spiro atoms. The van der Waals surface area contributed by atoms with E-state index in [-0.39, 0.29) is 18.0 Å². The molecular formula is C17H16N2O5. The van der Waals surface area contributed by atoms with E-state index in [0.717, 1.165) is 5.56 Å². The number of fused-ring (bicyclic) bond motifs is 1. The van der Waals surface area contributed by atoms with E-state index in [4.69, 9.17) is 9.47 Å². The van der Waals surface area contributed by atoms with Gasteiger partial charge in [-0.25, -0.2) is 0 Å². The SMILES string of the molecule is COc1cc2c(cc1OC)[C@@H](c1ccccc1[N+](=O)[O-])CC(=O)N2. The predicted molar refractivity (Wildman–Crippen MR) is 87.7 cm³/mol. The number of carbonyl (C=O) groups excluding carboxylic acids is 1. The quantitative estimate of drug-likeness (QED) is 0.688. The maximum Gasteiger partial charge on any atom is 0.273 e. The van der Waals surface area contributed by atoms with Crippen LogP contribution in [0.25, 0.3) is 0 Å². The number of benzene rings is 2. The molecule has 0 aromatic heterocycles. The average molecular weight is 328 g/mol. The largest absolute Gasteiger partial charge is 0.493 e. The van der Waals surface area contributed by atoms with E-state index in [1.807, 2.05) is 0 Å². The number of rotatable bonds is 4. The van der Waals surface area contributed by atoms with E-state index in [9.17, 15) is 14.9 Å². The Morgan fingerprint density at radius 2 is 1.79 bits per heavy atom. The Kier molecular flexibility index (Phi) is 4.07. The highest BCUT2D eigenvalue weighted by atomic mass is 16.6. The normalized spacial score (nSPS) is 16.1. The lowest BCUT2D eigenvalue weighted by Gasteiger charge is -2.27. The maximum atomic E-state index is 12.1. The lowest BCUT2D eigenvalue weighted by molar-refractivity contribution is -0.385. The minimum absolute atomic E-state index is 0.00191. The Labute approximate surface area is 138 Å². The highest BCUT2D eigenvalue weighted by Gasteiger charge is 2.32. The summed E-state index contributed by atoms with van der Waals surface area (Å²) >= 11 is 0. The fourth-order valence-electron chi connectivity index (χ4n) is 3.01. The standard InChI is InChI=1S/C17H16N2O5/c1-23-15-7-12-11(10-5-3-4-6-14(10)19(21)22)8-17(20)18-13(12)9-16(15)24-2/h3-7,9,11H,8H2,1-2H3,(H,18,20)/t11-/m1/s1. The molecule has 1 N–H and O–H groups in total. The van der Waals surface area contributed by atoms with Crippen LogP contribution in [-0.2, 0) is 4.79 Å². The van der Waals surface area contributed by atoms with Crippen LogP contribution < -0.4 is 14.8 Å². The first-order valence-electron chi connectivity index (χ1n) is 7.34. The number of ether oxygens (including phenoxy) is 2. The van der Waals surface area contributed by atoms with Crippen molar-refractivity contribution in [1.82, 2.24) is 0 Å². The van der Waals surface area contributed by atoms with Crippen LogP contribution in [0.15, 0.2) is 36.4 Å². The van der Waals surface area contributed by atoms with Gasteiger partial charge in [0.1, 0.15) is 0 Å². The summed E-state index contributed by atoms with van der Waals surface area (Å²) in [5.41, 5.74) is 1.84. The van der Waals surface area contributed by atoms with Gasteiger partial charge in [-0.3, -0.25) is 14.9 Å². The molecule has 0 fully saturated rings. The first kappa shape index (κ1) is 15.8. The Morgan fingerprint density at radius 1 is 1.12 bits per heavy atom. The molecule has 0 saturated heterocycles.